The van der Waals surface area contributed by atoms with Crippen molar-refractivity contribution in [3.8, 4) is 0 Å². The monoisotopic (exact) mass is 276 g/mol. The highest BCUT2D eigenvalue weighted by atomic mass is 28.3. The molecule has 0 aliphatic rings. The summed E-state index contributed by atoms with van der Waals surface area (Å²) < 4.78 is 0. The molecule has 2 heteroatoms. The van der Waals surface area contributed by atoms with Crippen LogP contribution in [0.1, 0.15) is 18.1 Å². The lowest BCUT2D eigenvalue weighted by Gasteiger charge is -2.31. The summed E-state index contributed by atoms with van der Waals surface area (Å²) in [6.45, 7) is 21.0. The van der Waals surface area contributed by atoms with Gasteiger partial charge in [0.1, 0.15) is 0 Å². The van der Waals surface area contributed by atoms with Crippen LogP contribution >= 0.6 is 0 Å². The lowest BCUT2D eigenvalue weighted by molar-refractivity contribution is 1.15. The molecule has 0 aliphatic carbocycles. The van der Waals surface area contributed by atoms with E-state index in [2.05, 4.69) is 64.9 Å². The highest BCUT2D eigenvalue weighted by Gasteiger charge is 2.30. The minimum absolute atomic E-state index is 1.12. The molecule has 18 heavy (non-hydrogen) atoms. The third-order valence-electron chi connectivity index (χ3n) is 3.48. The molecule has 1 aromatic rings. The fourth-order valence-electron chi connectivity index (χ4n) is 2.72. The predicted octanol–water partition coefficient (Wildman–Crippen LogP) is 3.98. The van der Waals surface area contributed by atoms with E-state index < -0.39 is 16.1 Å². The molecule has 0 heterocycles. The Hall–Kier alpha value is -0.606. The van der Waals surface area contributed by atoms with E-state index in [9.17, 15) is 0 Å². The van der Waals surface area contributed by atoms with Crippen molar-refractivity contribution in [1.29, 1.82) is 0 Å². The van der Waals surface area contributed by atoms with Gasteiger partial charge in [-0.05, 0) is 17.5 Å². The van der Waals surface area contributed by atoms with E-state index in [1.54, 1.807) is 15.9 Å². The second kappa shape index (κ2) is 5.18. The minimum atomic E-state index is -1.31. The van der Waals surface area contributed by atoms with Crippen LogP contribution in [0.2, 0.25) is 39.3 Å². The van der Waals surface area contributed by atoms with Crippen LogP contribution in [0.3, 0.4) is 0 Å². The zero-order valence-electron chi connectivity index (χ0n) is 13.1. The first kappa shape index (κ1) is 15.5. The molecule has 0 atom stereocenters. The maximum Gasteiger partial charge on any atom is 0.0778 e. The second-order valence-electron chi connectivity index (χ2n) is 7.11. The SMILES string of the molecule is C=Cc1ccc([Si](C)(C)C)c([Si](C)(C)C)c1CC. The van der Waals surface area contributed by atoms with Gasteiger partial charge >= 0.3 is 0 Å². The van der Waals surface area contributed by atoms with Crippen molar-refractivity contribution < 1.29 is 0 Å². The van der Waals surface area contributed by atoms with Crippen molar-refractivity contribution in [3.05, 3.63) is 29.8 Å². The molecule has 1 rings (SSSR count). The van der Waals surface area contributed by atoms with E-state index in [1.807, 2.05) is 6.08 Å². The van der Waals surface area contributed by atoms with Crippen molar-refractivity contribution in [2.75, 3.05) is 0 Å². The zero-order chi connectivity index (χ0) is 14.1. The molecule has 100 valence electrons. The fourth-order valence-corrected chi connectivity index (χ4v) is 8.57. The molecule has 0 aliphatic heterocycles. The summed E-state index contributed by atoms with van der Waals surface area (Å²) in [5, 5.41) is 3.38. The van der Waals surface area contributed by atoms with Gasteiger partial charge in [-0.25, -0.2) is 0 Å². The Balaban J connectivity index is 3.71. The number of hydrogen-bond donors (Lipinski definition) is 0. The molecule has 0 radical (unpaired) electrons. The number of benzene rings is 1. The standard InChI is InChI=1S/C16H28Si2/c1-9-13-11-12-15(17(3,4)5)16(14(13)10-2)18(6,7)8/h9,11-12H,1,10H2,2-8H3. The summed E-state index contributed by atoms with van der Waals surface area (Å²) in [7, 11) is -2.58. The van der Waals surface area contributed by atoms with Crippen LogP contribution in [0.5, 0.6) is 0 Å². The maximum atomic E-state index is 3.98. The first-order chi connectivity index (χ1) is 8.12. The van der Waals surface area contributed by atoms with E-state index in [-0.39, 0.29) is 0 Å². The molecule has 0 nitrogen and oxygen atoms in total. The fraction of sp³-hybridized carbons (Fsp3) is 0.500. The normalized spacial score (nSPS) is 12.6. The molecule has 0 unspecified atom stereocenters. The van der Waals surface area contributed by atoms with E-state index in [0.717, 1.165) is 6.42 Å². The quantitative estimate of drug-likeness (QED) is 0.730. The number of hydrogen-bond acceptors (Lipinski definition) is 0. The molecular formula is C16H28Si2. The zero-order valence-corrected chi connectivity index (χ0v) is 15.1. The van der Waals surface area contributed by atoms with Gasteiger partial charge in [0.15, 0.2) is 0 Å². The Bertz CT molecular complexity index is 445. The van der Waals surface area contributed by atoms with Gasteiger partial charge in [-0.1, -0.05) is 81.4 Å². The van der Waals surface area contributed by atoms with E-state index in [0.29, 0.717) is 0 Å². The van der Waals surface area contributed by atoms with Gasteiger partial charge in [0.25, 0.3) is 0 Å². The molecule has 0 fully saturated rings. The van der Waals surface area contributed by atoms with E-state index in [1.165, 1.54) is 5.56 Å². The predicted molar refractivity (Wildman–Crippen MR) is 91.9 cm³/mol. The van der Waals surface area contributed by atoms with Crippen molar-refractivity contribution in [3.63, 3.8) is 0 Å². The van der Waals surface area contributed by atoms with Crippen molar-refractivity contribution >= 4 is 32.6 Å². The van der Waals surface area contributed by atoms with Gasteiger partial charge in [0.2, 0.25) is 0 Å². The van der Waals surface area contributed by atoms with Crippen LogP contribution in [0, 0.1) is 0 Å². The Labute approximate surface area is 115 Å². The summed E-state index contributed by atoms with van der Waals surface area (Å²) in [5.74, 6) is 0. The molecule has 1 aromatic carbocycles. The molecular weight excluding hydrogens is 248 g/mol. The first-order valence-electron chi connectivity index (χ1n) is 6.92. The molecule has 0 bridgehead atoms. The van der Waals surface area contributed by atoms with Crippen LogP contribution in [-0.2, 0) is 6.42 Å². The van der Waals surface area contributed by atoms with Crippen LogP contribution in [0.15, 0.2) is 18.7 Å². The van der Waals surface area contributed by atoms with Crippen LogP contribution in [0.4, 0.5) is 0 Å². The molecule has 0 saturated carbocycles. The van der Waals surface area contributed by atoms with Crippen LogP contribution < -0.4 is 10.4 Å². The van der Waals surface area contributed by atoms with Gasteiger partial charge in [-0.3, -0.25) is 0 Å². The Morgan fingerprint density at radius 2 is 1.56 bits per heavy atom. The molecule has 0 N–H and O–H groups in total. The van der Waals surface area contributed by atoms with Crippen molar-refractivity contribution in [1.82, 2.24) is 0 Å². The third-order valence-corrected chi connectivity index (χ3v) is 7.83. The van der Waals surface area contributed by atoms with Crippen LogP contribution in [-0.4, -0.2) is 16.1 Å². The summed E-state index contributed by atoms with van der Waals surface area (Å²) in [5.41, 5.74) is 2.90. The average Bonchev–Trinajstić information content (AvgIpc) is 2.24. The summed E-state index contributed by atoms with van der Waals surface area (Å²) in [6, 6.07) is 4.67. The maximum absolute atomic E-state index is 3.98. The van der Waals surface area contributed by atoms with Gasteiger partial charge in [0, 0.05) is 0 Å². The summed E-state index contributed by atoms with van der Waals surface area (Å²) in [4.78, 5) is 0. The molecule has 0 aromatic heterocycles. The second-order valence-corrected chi connectivity index (χ2v) is 17.2. The average molecular weight is 277 g/mol. The van der Waals surface area contributed by atoms with E-state index >= 15 is 0 Å². The highest BCUT2D eigenvalue weighted by Crippen LogP contribution is 2.16. The highest BCUT2D eigenvalue weighted by molar-refractivity contribution is 6.98. The summed E-state index contributed by atoms with van der Waals surface area (Å²) >= 11 is 0. The Morgan fingerprint density at radius 1 is 1.00 bits per heavy atom. The first-order valence-corrected chi connectivity index (χ1v) is 13.9. The van der Waals surface area contributed by atoms with Gasteiger partial charge < -0.3 is 0 Å². The minimum Gasteiger partial charge on any atom is -0.0985 e. The van der Waals surface area contributed by atoms with Crippen molar-refractivity contribution in [2.24, 2.45) is 0 Å². The summed E-state index contributed by atoms with van der Waals surface area (Å²) in [6.07, 6.45) is 3.15. The molecule has 0 saturated heterocycles. The van der Waals surface area contributed by atoms with Gasteiger partial charge in [0.05, 0.1) is 16.1 Å². The largest absolute Gasteiger partial charge is 0.0985 e. The van der Waals surface area contributed by atoms with Crippen LogP contribution in [0.25, 0.3) is 6.08 Å². The Morgan fingerprint density at radius 3 is 1.89 bits per heavy atom. The molecule has 0 spiro atoms. The van der Waals surface area contributed by atoms with E-state index in [4.69, 9.17) is 0 Å². The topological polar surface area (TPSA) is 0 Å². The third kappa shape index (κ3) is 3.04. The smallest absolute Gasteiger partial charge is 0.0778 e. The lowest BCUT2D eigenvalue weighted by atomic mass is 10.1. The van der Waals surface area contributed by atoms with Gasteiger partial charge in [-0.2, -0.15) is 0 Å². The lowest BCUT2D eigenvalue weighted by Crippen LogP contribution is -2.57. The molecule has 0 amide bonds. The Kier molecular flexibility index (Phi) is 4.44. The van der Waals surface area contributed by atoms with Crippen molar-refractivity contribution in [2.45, 2.75) is 52.6 Å². The number of rotatable bonds is 4. The van der Waals surface area contributed by atoms with Gasteiger partial charge in [-0.15, -0.1) is 0 Å².